The van der Waals surface area contributed by atoms with Gasteiger partial charge in [0.05, 0.1) is 6.54 Å². The summed E-state index contributed by atoms with van der Waals surface area (Å²) in [7, 11) is 1.63. The number of urea groups is 1. The first-order chi connectivity index (χ1) is 16.4. The number of anilines is 1. The lowest BCUT2D eigenvalue weighted by Gasteiger charge is -2.28. The molecule has 6 nitrogen and oxygen atoms in total. The highest BCUT2D eigenvalue weighted by Crippen LogP contribution is 2.20. The normalized spacial score (nSPS) is 10.7. The highest BCUT2D eigenvalue weighted by molar-refractivity contribution is 9.10. The molecule has 0 fully saturated rings. The molecule has 1 aromatic heterocycles. The Morgan fingerprint density at radius 2 is 1.79 bits per heavy atom. The summed E-state index contributed by atoms with van der Waals surface area (Å²) in [6, 6.07) is 21.1. The molecule has 0 aliphatic heterocycles. The van der Waals surface area contributed by atoms with E-state index in [1.807, 2.05) is 59.5 Å². The van der Waals surface area contributed by atoms with Crippen molar-refractivity contribution in [2.24, 2.45) is 0 Å². The van der Waals surface area contributed by atoms with E-state index in [-0.39, 0.29) is 18.5 Å². The zero-order valence-electron chi connectivity index (χ0n) is 19.5. The number of ether oxygens (including phenoxy) is 1. The second-order valence-corrected chi connectivity index (χ2v) is 10.2. The van der Waals surface area contributed by atoms with Crippen LogP contribution in [-0.4, -0.2) is 48.5 Å². The van der Waals surface area contributed by atoms with Gasteiger partial charge in [-0.25, -0.2) is 4.79 Å². The second kappa shape index (κ2) is 13.3. The quantitative estimate of drug-likeness (QED) is 0.305. The third kappa shape index (κ3) is 8.27. The maximum absolute atomic E-state index is 13.5. The van der Waals surface area contributed by atoms with Gasteiger partial charge in [-0.05, 0) is 49.2 Å². The van der Waals surface area contributed by atoms with E-state index in [4.69, 9.17) is 4.74 Å². The van der Waals surface area contributed by atoms with Gasteiger partial charge in [-0.2, -0.15) is 0 Å². The van der Waals surface area contributed by atoms with Gasteiger partial charge in [-0.1, -0.05) is 52.3 Å². The molecule has 1 heterocycles. The molecule has 1 N–H and O–H groups in total. The van der Waals surface area contributed by atoms with E-state index in [0.29, 0.717) is 38.3 Å². The standard InChI is InChI=1S/C26H30BrN3O3S/c1-20-12-13-24(34-20)18-30(17-21-8-4-3-5-9-21)25(31)19-29(14-7-15-33-2)26(32)28-23-11-6-10-22(27)16-23/h3-6,8-13,16H,7,14-15,17-19H2,1-2H3,(H,28,32). The third-order valence-corrected chi connectivity index (χ3v) is 6.66. The first-order valence-corrected chi connectivity index (χ1v) is 12.7. The number of benzene rings is 2. The van der Waals surface area contributed by atoms with Crippen LogP contribution < -0.4 is 5.32 Å². The van der Waals surface area contributed by atoms with Crippen LogP contribution in [0.5, 0.6) is 0 Å². The first-order valence-electron chi connectivity index (χ1n) is 11.1. The number of halogens is 1. The molecule has 0 spiro atoms. The molecule has 3 aromatic rings. The number of nitrogens with zero attached hydrogens (tertiary/aromatic N) is 2. The molecule has 3 amide bonds. The van der Waals surface area contributed by atoms with Gasteiger partial charge in [0.2, 0.25) is 5.91 Å². The molecule has 3 rings (SSSR count). The Hall–Kier alpha value is -2.68. The van der Waals surface area contributed by atoms with Crippen LogP contribution >= 0.6 is 27.3 Å². The van der Waals surface area contributed by atoms with E-state index in [9.17, 15) is 9.59 Å². The smallest absolute Gasteiger partial charge is 0.322 e. The van der Waals surface area contributed by atoms with Gasteiger partial charge in [0.25, 0.3) is 0 Å². The molecule has 0 saturated heterocycles. The lowest BCUT2D eigenvalue weighted by atomic mass is 10.2. The molecule has 0 bridgehead atoms. The minimum absolute atomic E-state index is 0.0132. The first kappa shape index (κ1) is 25.9. The number of nitrogens with one attached hydrogen (secondary N) is 1. The Bertz CT molecular complexity index is 1070. The Morgan fingerprint density at radius 3 is 2.47 bits per heavy atom. The van der Waals surface area contributed by atoms with Crippen molar-refractivity contribution in [1.29, 1.82) is 0 Å². The molecule has 8 heteroatoms. The number of amides is 3. The van der Waals surface area contributed by atoms with E-state index in [2.05, 4.69) is 40.3 Å². The monoisotopic (exact) mass is 543 g/mol. The zero-order valence-corrected chi connectivity index (χ0v) is 21.9. The summed E-state index contributed by atoms with van der Waals surface area (Å²) in [6.07, 6.45) is 0.637. The summed E-state index contributed by atoms with van der Waals surface area (Å²) in [5.41, 5.74) is 1.72. The number of aryl methyl sites for hydroxylation is 1. The summed E-state index contributed by atoms with van der Waals surface area (Å²) in [6.45, 7) is 3.96. The van der Waals surface area contributed by atoms with E-state index >= 15 is 0 Å². The van der Waals surface area contributed by atoms with Crippen molar-refractivity contribution in [3.05, 3.63) is 86.5 Å². The van der Waals surface area contributed by atoms with E-state index in [1.54, 1.807) is 23.3 Å². The van der Waals surface area contributed by atoms with Crippen LogP contribution in [0.15, 0.2) is 71.2 Å². The van der Waals surface area contributed by atoms with Crippen molar-refractivity contribution in [3.8, 4) is 0 Å². The SMILES string of the molecule is COCCCN(CC(=O)N(Cc1ccccc1)Cc1ccc(C)s1)C(=O)Nc1cccc(Br)c1. The molecule has 0 unspecified atom stereocenters. The van der Waals surface area contributed by atoms with Crippen molar-refractivity contribution in [1.82, 2.24) is 9.80 Å². The van der Waals surface area contributed by atoms with E-state index in [1.165, 1.54) is 4.88 Å². The lowest BCUT2D eigenvalue weighted by Crippen LogP contribution is -2.44. The number of thiophene rings is 1. The topological polar surface area (TPSA) is 61.9 Å². The lowest BCUT2D eigenvalue weighted by molar-refractivity contribution is -0.133. The van der Waals surface area contributed by atoms with Crippen LogP contribution in [0.1, 0.15) is 21.7 Å². The molecule has 34 heavy (non-hydrogen) atoms. The molecular formula is C26H30BrN3O3S. The molecule has 0 atom stereocenters. The van der Waals surface area contributed by atoms with Gasteiger partial charge in [0.1, 0.15) is 6.54 Å². The fourth-order valence-electron chi connectivity index (χ4n) is 3.48. The number of hydrogen-bond acceptors (Lipinski definition) is 4. The fourth-order valence-corrected chi connectivity index (χ4v) is 4.78. The third-order valence-electron chi connectivity index (χ3n) is 5.18. The maximum Gasteiger partial charge on any atom is 0.322 e. The minimum atomic E-state index is -0.311. The number of hydrogen-bond donors (Lipinski definition) is 1. The minimum Gasteiger partial charge on any atom is -0.385 e. The Balaban J connectivity index is 1.75. The maximum atomic E-state index is 13.5. The molecule has 0 aliphatic rings. The van der Waals surface area contributed by atoms with Crippen molar-refractivity contribution in [2.75, 3.05) is 32.1 Å². The summed E-state index contributed by atoms with van der Waals surface area (Å²) in [5, 5.41) is 2.90. The summed E-state index contributed by atoms with van der Waals surface area (Å²) < 4.78 is 6.03. The number of rotatable bonds is 11. The zero-order chi connectivity index (χ0) is 24.3. The molecule has 0 saturated carbocycles. The molecule has 2 aromatic carbocycles. The Labute approximate surface area is 213 Å². The van der Waals surface area contributed by atoms with Gasteiger partial charge in [0, 0.05) is 46.7 Å². The fraction of sp³-hybridized carbons (Fsp3) is 0.308. The summed E-state index contributed by atoms with van der Waals surface area (Å²) in [4.78, 5) is 32.3. The predicted molar refractivity (Wildman–Crippen MR) is 141 cm³/mol. The van der Waals surface area contributed by atoms with Crippen molar-refractivity contribution < 1.29 is 14.3 Å². The molecular weight excluding hydrogens is 514 g/mol. The molecule has 0 aliphatic carbocycles. The van der Waals surface area contributed by atoms with Crippen LogP contribution in [0.4, 0.5) is 10.5 Å². The molecule has 0 radical (unpaired) electrons. The van der Waals surface area contributed by atoms with Crippen LogP contribution in [0.2, 0.25) is 0 Å². The predicted octanol–water partition coefficient (Wildman–Crippen LogP) is 5.92. The number of carbonyl (C=O) groups is 2. The van der Waals surface area contributed by atoms with Gasteiger partial charge < -0.3 is 19.9 Å². The highest BCUT2D eigenvalue weighted by Gasteiger charge is 2.22. The van der Waals surface area contributed by atoms with Gasteiger partial charge in [-0.15, -0.1) is 11.3 Å². The van der Waals surface area contributed by atoms with Crippen LogP contribution in [0, 0.1) is 6.92 Å². The van der Waals surface area contributed by atoms with Crippen LogP contribution in [-0.2, 0) is 22.6 Å². The Morgan fingerprint density at radius 1 is 1.00 bits per heavy atom. The highest BCUT2D eigenvalue weighted by atomic mass is 79.9. The Kier molecular flexibility index (Phi) is 10.1. The van der Waals surface area contributed by atoms with Crippen LogP contribution in [0.3, 0.4) is 0 Å². The van der Waals surface area contributed by atoms with Crippen molar-refractivity contribution in [3.63, 3.8) is 0 Å². The molecule has 180 valence electrons. The van der Waals surface area contributed by atoms with Crippen molar-refractivity contribution in [2.45, 2.75) is 26.4 Å². The van der Waals surface area contributed by atoms with E-state index in [0.717, 1.165) is 14.9 Å². The second-order valence-electron chi connectivity index (χ2n) is 7.96. The number of carbonyl (C=O) groups excluding carboxylic acids is 2. The van der Waals surface area contributed by atoms with Crippen LogP contribution in [0.25, 0.3) is 0 Å². The largest absolute Gasteiger partial charge is 0.385 e. The summed E-state index contributed by atoms with van der Waals surface area (Å²) >= 11 is 5.10. The van der Waals surface area contributed by atoms with Gasteiger partial charge in [0.15, 0.2) is 0 Å². The average Bonchev–Trinajstić information content (AvgIpc) is 3.23. The van der Waals surface area contributed by atoms with E-state index < -0.39 is 0 Å². The van der Waals surface area contributed by atoms with Gasteiger partial charge >= 0.3 is 6.03 Å². The summed E-state index contributed by atoms with van der Waals surface area (Å²) in [5.74, 6) is -0.100. The average molecular weight is 545 g/mol. The van der Waals surface area contributed by atoms with Crippen molar-refractivity contribution >= 4 is 44.9 Å². The van der Waals surface area contributed by atoms with Gasteiger partial charge in [-0.3, -0.25) is 4.79 Å². The number of methoxy groups -OCH3 is 1.